The lowest BCUT2D eigenvalue weighted by Crippen LogP contribution is -2.46. The average molecular weight is 649 g/mol. The Labute approximate surface area is 287 Å². The summed E-state index contributed by atoms with van der Waals surface area (Å²) in [7, 11) is 0. The maximum Gasteiger partial charge on any atom is 0.224 e. The zero-order chi connectivity index (χ0) is 44.0. The molecule has 2 amide bonds. The Bertz CT molecular complexity index is 1840. The van der Waals surface area contributed by atoms with Crippen LogP contribution < -0.4 is 34.0 Å². The van der Waals surface area contributed by atoms with Crippen LogP contribution in [0.2, 0.25) is 0 Å². The molecular weight excluding hydrogens is 586 g/mol. The molecule has 12 N–H and O–H groups in total. The van der Waals surface area contributed by atoms with Crippen LogP contribution in [0.15, 0.2) is 47.3 Å². The number of benzene rings is 2. The molecule has 12 nitrogen and oxygen atoms in total. The summed E-state index contributed by atoms with van der Waals surface area (Å²) in [6, 6.07) is -6.23. The van der Waals surface area contributed by atoms with E-state index in [1.165, 1.54) is 12.1 Å². The molecule has 0 aliphatic carbocycles. The van der Waals surface area contributed by atoms with Gasteiger partial charge in [-0.15, -0.1) is 0 Å². The molecule has 2 aromatic rings. The fourth-order valence-electron chi connectivity index (χ4n) is 4.68. The predicted molar refractivity (Wildman–Crippen MR) is 180 cm³/mol. The summed E-state index contributed by atoms with van der Waals surface area (Å²) in [5, 5.41) is 12.4. The minimum Gasteiger partial charge on any atom is -0.508 e. The Kier molecular flexibility index (Phi) is 10.0. The van der Waals surface area contributed by atoms with Gasteiger partial charge in [0.2, 0.25) is 11.8 Å². The number of carbonyl (C=O) groups excluding carboxylic acids is 4. The van der Waals surface area contributed by atoms with E-state index in [1.54, 1.807) is 13.8 Å². The van der Waals surface area contributed by atoms with E-state index in [2.05, 4.69) is 10.3 Å². The number of aromatic hydroxyl groups is 1. The monoisotopic (exact) mass is 648 g/mol. The van der Waals surface area contributed by atoms with Crippen molar-refractivity contribution in [2.75, 3.05) is 13.0 Å². The lowest BCUT2D eigenvalue weighted by Gasteiger charge is -2.25. The van der Waals surface area contributed by atoms with E-state index in [4.69, 9.17) is 42.4 Å². The molecule has 0 unspecified atom stereocenters. The number of rotatable bonds is 21. The largest absolute Gasteiger partial charge is 0.508 e. The van der Waals surface area contributed by atoms with E-state index in [0.29, 0.717) is 23.1 Å². The van der Waals surface area contributed by atoms with E-state index < -0.39 is 122 Å². The summed E-state index contributed by atoms with van der Waals surface area (Å²) >= 11 is 0. The van der Waals surface area contributed by atoms with Gasteiger partial charge < -0.3 is 39.1 Å². The first-order valence-corrected chi connectivity index (χ1v) is 14.6. The highest BCUT2D eigenvalue weighted by atomic mass is 16.3. The van der Waals surface area contributed by atoms with Crippen LogP contribution >= 0.6 is 0 Å². The predicted octanol–water partition coefficient (Wildman–Crippen LogP) is 1.43. The summed E-state index contributed by atoms with van der Waals surface area (Å²) in [5.74, 6) is -9.96. The molecular formula is C34H51N7O5. The number of aliphatic imine (C=N–C) groups is 1. The van der Waals surface area contributed by atoms with Crippen LogP contribution in [-0.4, -0.2) is 59.5 Å². The van der Waals surface area contributed by atoms with Gasteiger partial charge in [-0.1, -0.05) is 30.2 Å². The van der Waals surface area contributed by atoms with Crippen molar-refractivity contribution in [2.45, 2.75) is 83.6 Å². The standard InChI is InChI=1S/C34H51N7O5/c1-21-15-26(42)16-22(2)27(21)18-25(20-30(43)28(36)11-8-14-40-34(38)39)33(46)41-29(12-6-7-13-35)31(44)19-24(32(37)45)17-23-9-4-3-5-10-23/h3-5,9-10,15-16,24-25,28-29,42H,6-8,11-14,17-20,35-36H2,1-2H3,(H2,37,45)(H,41,46)(H4,38,39,40)/t24-,25-,28-,29+/m1/s1/i3D,4D,5D,9D,10D,13D2,17D2,24D,29D. The number of phenolic OH excluding ortho intramolecular Hbond substituents is 1. The lowest BCUT2D eigenvalue weighted by molar-refractivity contribution is -0.133. The van der Waals surface area contributed by atoms with Crippen LogP contribution in [0.25, 0.3) is 0 Å². The molecule has 46 heavy (non-hydrogen) atoms. The topological polar surface area (TPSA) is 243 Å². The fourth-order valence-corrected chi connectivity index (χ4v) is 4.68. The third kappa shape index (κ3) is 13.0. The Morgan fingerprint density at radius 2 is 1.63 bits per heavy atom. The highest BCUT2D eigenvalue weighted by Gasteiger charge is 2.31. The normalized spacial score (nSPS) is 19.1. The van der Waals surface area contributed by atoms with Crippen molar-refractivity contribution in [3.05, 3.63) is 64.6 Å². The number of nitrogens with one attached hydrogen (secondary N) is 1. The third-order valence-electron chi connectivity index (χ3n) is 7.10. The van der Waals surface area contributed by atoms with Crippen molar-refractivity contribution in [1.82, 2.24) is 5.32 Å². The van der Waals surface area contributed by atoms with Gasteiger partial charge in [-0.2, -0.15) is 0 Å². The zero-order valence-corrected chi connectivity index (χ0v) is 26.1. The van der Waals surface area contributed by atoms with Gasteiger partial charge in [-0.05, 0) is 99.6 Å². The first-order chi connectivity index (χ1) is 26.0. The number of phenols is 1. The highest BCUT2D eigenvalue weighted by molar-refractivity contribution is 5.94. The molecule has 0 spiro atoms. The van der Waals surface area contributed by atoms with Gasteiger partial charge in [0, 0.05) is 38.1 Å². The fraction of sp³-hybridized carbons (Fsp3) is 0.500. The number of Topliss-reactive ketones (excluding diaryl/α,β-unsaturated/α-hetero) is 2. The maximum atomic E-state index is 14.2. The SMILES string of the molecule is [2H]c1c([2H])c([2H])c(C([2H])([2H])[C@]([2H])(CC(=O)[C@]([2H])(CCCC([2H])([2H])N)NC(=O)[C@@H](CC(=O)[C@H](N)CCCN=C(N)N)Cc2c(C)cc(O)cc2C)C(N)=O)c([2H])c1[2H]. The minimum atomic E-state index is -3.57. The molecule has 252 valence electrons. The van der Waals surface area contributed by atoms with E-state index in [9.17, 15) is 25.7 Å². The third-order valence-corrected chi connectivity index (χ3v) is 7.10. The van der Waals surface area contributed by atoms with E-state index in [0.717, 1.165) is 0 Å². The summed E-state index contributed by atoms with van der Waals surface area (Å²) in [6.45, 7) is 1.16. The van der Waals surface area contributed by atoms with Crippen molar-refractivity contribution in [1.29, 1.82) is 0 Å². The van der Waals surface area contributed by atoms with Crippen LogP contribution in [0.4, 0.5) is 0 Å². The van der Waals surface area contributed by atoms with Crippen molar-refractivity contribution in [2.24, 2.45) is 45.5 Å². The number of hydrogen-bond donors (Lipinski definition) is 7. The number of nitrogens with zero attached hydrogens (tertiary/aromatic N) is 1. The van der Waals surface area contributed by atoms with Crippen molar-refractivity contribution >= 4 is 29.3 Å². The number of carbonyl (C=O) groups is 4. The lowest BCUT2D eigenvalue weighted by atomic mass is 9.86. The second-order valence-electron chi connectivity index (χ2n) is 10.8. The van der Waals surface area contributed by atoms with Crippen LogP contribution in [0, 0.1) is 25.7 Å². The molecule has 2 aromatic carbocycles. The van der Waals surface area contributed by atoms with Crippen molar-refractivity contribution in [3.8, 4) is 5.75 Å². The number of amides is 2. The van der Waals surface area contributed by atoms with E-state index >= 15 is 0 Å². The number of guanidine groups is 1. The molecule has 0 saturated carbocycles. The van der Waals surface area contributed by atoms with Crippen LogP contribution in [-0.2, 0) is 32.0 Å². The number of primary amides is 1. The average Bonchev–Trinajstić information content (AvgIpc) is 3.07. The quantitative estimate of drug-likeness (QED) is 0.0587. The molecule has 0 aliphatic heterocycles. The Balaban J connectivity index is 2.67. The van der Waals surface area contributed by atoms with Crippen LogP contribution in [0.1, 0.15) is 82.3 Å². The zero-order valence-electron chi connectivity index (χ0n) is 37.1. The molecule has 0 saturated heterocycles. The van der Waals surface area contributed by atoms with Crippen LogP contribution in [0.5, 0.6) is 5.75 Å². The molecule has 2 rings (SSSR count). The molecule has 12 heteroatoms. The van der Waals surface area contributed by atoms with Gasteiger partial charge in [0.25, 0.3) is 0 Å². The summed E-state index contributed by atoms with van der Waals surface area (Å²) in [5.41, 5.74) is 28.2. The number of ketones is 2. The molecule has 0 bridgehead atoms. The first kappa shape index (κ1) is 24.0. The Hall–Kier alpha value is -4.29. The molecule has 0 aromatic heterocycles. The number of hydrogen-bond acceptors (Lipinski definition) is 8. The molecule has 0 radical (unpaired) electrons. The van der Waals surface area contributed by atoms with E-state index in [1.807, 2.05) is 0 Å². The van der Waals surface area contributed by atoms with Crippen molar-refractivity contribution in [3.63, 3.8) is 0 Å². The van der Waals surface area contributed by atoms with Gasteiger partial charge >= 0.3 is 0 Å². The molecule has 0 aliphatic rings. The minimum absolute atomic E-state index is 0.0685. The van der Waals surface area contributed by atoms with Crippen LogP contribution in [0.3, 0.4) is 0 Å². The first-order valence-electron chi connectivity index (χ1n) is 20.1. The maximum absolute atomic E-state index is 14.2. The van der Waals surface area contributed by atoms with Gasteiger partial charge in [0.05, 0.1) is 20.3 Å². The van der Waals surface area contributed by atoms with Gasteiger partial charge in [-0.3, -0.25) is 24.2 Å². The number of aryl methyl sites for hydroxylation is 2. The van der Waals surface area contributed by atoms with Gasteiger partial charge in [0.1, 0.15) is 11.5 Å². The summed E-state index contributed by atoms with van der Waals surface area (Å²) in [6.07, 6.45) is -6.91. The Morgan fingerprint density at radius 1 is 0.978 bits per heavy atom. The molecule has 0 fully saturated rings. The number of nitrogens with two attached hydrogens (primary N) is 5. The molecule has 4 atom stereocenters. The Morgan fingerprint density at radius 3 is 2.22 bits per heavy atom. The van der Waals surface area contributed by atoms with Gasteiger partial charge in [-0.25, -0.2) is 0 Å². The summed E-state index contributed by atoms with van der Waals surface area (Å²) < 4.78 is 91.4. The highest BCUT2D eigenvalue weighted by Crippen LogP contribution is 2.26. The smallest absolute Gasteiger partial charge is 0.224 e. The van der Waals surface area contributed by atoms with Gasteiger partial charge in [0.15, 0.2) is 11.7 Å². The second kappa shape index (κ2) is 19.3. The molecule has 0 heterocycles. The van der Waals surface area contributed by atoms with Crippen molar-refractivity contribution < 1.29 is 39.4 Å². The van der Waals surface area contributed by atoms with E-state index in [-0.39, 0.29) is 37.5 Å². The second-order valence-corrected chi connectivity index (χ2v) is 10.8. The summed E-state index contributed by atoms with van der Waals surface area (Å²) in [4.78, 5) is 58.6.